The van der Waals surface area contributed by atoms with Gasteiger partial charge in [0.25, 0.3) is 0 Å². The van der Waals surface area contributed by atoms with E-state index in [0.29, 0.717) is 16.5 Å². The van der Waals surface area contributed by atoms with Crippen molar-refractivity contribution in [3.05, 3.63) is 35.8 Å². The van der Waals surface area contributed by atoms with E-state index in [2.05, 4.69) is 4.74 Å². The molecule has 4 nitrogen and oxygen atoms in total. The smallest absolute Gasteiger partial charge is 0.418 e. The van der Waals surface area contributed by atoms with Gasteiger partial charge in [0.2, 0.25) is 0 Å². The van der Waals surface area contributed by atoms with E-state index in [9.17, 15) is 9.18 Å². The van der Waals surface area contributed by atoms with Gasteiger partial charge in [0.15, 0.2) is 0 Å². The number of benzene rings is 1. The van der Waals surface area contributed by atoms with Crippen LogP contribution in [0.3, 0.4) is 0 Å². The second kappa shape index (κ2) is 4.26. The van der Waals surface area contributed by atoms with Gasteiger partial charge in [-0.15, -0.1) is 0 Å². The van der Waals surface area contributed by atoms with Crippen LogP contribution in [0, 0.1) is 17.1 Å². The molecule has 1 aromatic heterocycles. The SMILES string of the molecule is COC(=O)n1cc(CC#N)c2c(F)cccc21. The Bertz CT molecular complexity index is 625. The molecule has 2 rings (SSSR count). The van der Waals surface area contributed by atoms with Gasteiger partial charge in [0, 0.05) is 11.6 Å². The van der Waals surface area contributed by atoms with E-state index in [-0.39, 0.29) is 6.42 Å². The van der Waals surface area contributed by atoms with E-state index in [1.807, 2.05) is 6.07 Å². The summed E-state index contributed by atoms with van der Waals surface area (Å²) in [5.74, 6) is -0.449. The first-order valence-electron chi connectivity index (χ1n) is 4.92. The number of carbonyl (C=O) groups is 1. The third kappa shape index (κ3) is 1.74. The van der Waals surface area contributed by atoms with E-state index in [4.69, 9.17) is 5.26 Å². The Morgan fingerprint density at radius 1 is 1.59 bits per heavy atom. The lowest BCUT2D eigenvalue weighted by Gasteiger charge is -2.01. The molecular formula is C12H9FN2O2. The van der Waals surface area contributed by atoms with Crippen molar-refractivity contribution < 1.29 is 13.9 Å². The number of methoxy groups -OCH3 is 1. The highest BCUT2D eigenvalue weighted by Crippen LogP contribution is 2.24. The molecule has 0 aliphatic rings. The zero-order valence-corrected chi connectivity index (χ0v) is 9.11. The van der Waals surface area contributed by atoms with Gasteiger partial charge in [-0.3, -0.25) is 4.57 Å². The number of hydrogen-bond acceptors (Lipinski definition) is 3. The Labute approximate surface area is 96.8 Å². The standard InChI is InChI=1S/C12H9FN2O2/c1-17-12(16)15-7-8(5-6-14)11-9(13)3-2-4-10(11)15/h2-4,7H,5H2,1H3. The quantitative estimate of drug-likeness (QED) is 0.758. The highest BCUT2D eigenvalue weighted by atomic mass is 19.1. The fourth-order valence-corrected chi connectivity index (χ4v) is 1.79. The summed E-state index contributed by atoms with van der Waals surface area (Å²) in [6.07, 6.45) is 0.870. The predicted octanol–water partition coefficient (Wildman–Crippen LogP) is 2.46. The van der Waals surface area contributed by atoms with Crippen LogP contribution in [-0.4, -0.2) is 17.8 Å². The Morgan fingerprint density at radius 3 is 3.00 bits per heavy atom. The molecule has 0 saturated heterocycles. The average molecular weight is 232 g/mol. The summed E-state index contributed by atoms with van der Waals surface area (Å²) in [4.78, 5) is 11.5. The van der Waals surface area contributed by atoms with Crippen molar-refractivity contribution in [3.8, 4) is 6.07 Å². The minimum Gasteiger partial charge on any atom is -0.452 e. The molecule has 1 heterocycles. The fourth-order valence-electron chi connectivity index (χ4n) is 1.79. The van der Waals surface area contributed by atoms with Crippen LogP contribution in [0.2, 0.25) is 0 Å². The molecule has 5 heteroatoms. The number of halogens is 1. The maximum Gasteiger partial charge on any atom is 0.418 e. The van der Waals surface area contributed by atoms with E-state index in [1.54, 1.807) is 6.07 Å². The largest absolute Gasteiger partial charge is 0.452 e. The minimum atomic E-state index is -0.607. The highest BCUT2D eigenvalue weighted by molar-refractivity contribution is 5.92. The zero-order valence-electron chi connectivity index (χ0n) is 9.11. The normalized spacial score (nSPS) is 10.2. The van der Waals surface area contributed by atoms with E-state index < -0.39 is 11.9 Å². The lowest BCUT2D eigenvalue weighted by Crippen LogP contribution is -2.09. The summed E-state index contributed by atoms with van der Waals surface area (Å²) in [5.41, 5.74) is 0.883. The number of ether oxygens (including phenoxy) is 1. The van der Waals surface area contributed by atoms with Crippen molar-refractivity contribution in [2.45, 2.75) is 6.42 Å². The minimum absolute atomic E-state index is 0.0431. The lowest BCUT2D eigenvalue weighted by molar-refractivity contribution is 0.174. The first kappa shape index (κ1) is 11.1. The van der Waals surface area contributed by atoms with E-state index in [0.717, 1.165) is 0 Å². The molecule has 0 saturated carbocycles. The average Bonchev–Trinajstić information content (AvgIpc) is 2.69. The molecule has 0 aliphatic heterocycles. The van der Waals surface area contributed by atoms with Crippen LogP contribution in [0.15, 0.2) is 24.4 Å². The Balaban J connectivity index is 2.76. The maximum atomic E-state index is 13.7. The second-order valence-corrected chi connectivity index (χ2v) is 3.46. The van der Waals surface area contributed by atoms with Gasteiger partial charge in [0.1, 0.15) is 5.82 Å². The summed E-state index contributed by atoms with van der Waals surface area (Å²) in [6, 6.07) is 6.35. The first-order chi connectivity index (χ1) is 8.19. The summed E-state index contributed by atoms with van der Waals surface area (Å²) in [5, 5.41) is 8.97. The molecule has 0 spiro atoms. The van der Waals surface area contributed by atoms with Crippen molar-refractivity contribution >= 4 is 17.0 Å². The molecule has 0 N–H and O–H groups in total. The van der Waals surface area contributed by atoms with Gasteiger partial charge < -0.3 is 4.74 Å². The number of nitrogens with zero attached hydrogens (tertiary/aromatic N) is 2. The van der Waals surface area contributed by atoms with Crippen LogP contribution in [0.5, 0.6) is 0 Å². The molecule has 0 amide bonds. The summed E-state index contributed by atoms with van der Waals surface area (Å²) >= 11 is 0. The van der Waals surface area contributed by atoms with Crippen molar-refractivity contribution in [2.24, 2.45) is 0 Å². The first-order valence-corrected chi connectivity index (χ1v) is 4.92. The Kier molecular flexibility index (Phi) is 2.79. The molecule has 0 unspecified atom stereocenters. The Hall–Kier alpha value is -2.35. The van der Waals surface area contributed by atoms with Gasteiger partial charge in [-0.2, -0.15) is 5.26 Å². The molecule has 0 aliphatic carbocycles. The number of fused-ring (bicyclic) bond motifs is 1. The molecule has 0 atom stereocenters. The molecular weight excluding hydrogens is 223 g/mol. The van der Waals surface area contributed by atoms with Crippen LogP contribution < -0.4 is 0 Å². The van der Waals surface area contributed by atoms with Gasteiger partial charge in [-0.25, -0.2) is 9.18 Å². The van der Waals surface area contributed by atoms with Crippen LogP contribution in [0.1, 0.15) is 5.56 Å². The van der Waals surface area contributed by atoms with E-state index >= 15 is 0 Å². The summed E-state index contributed by atoms with van der Waals surface area (Å²) < 4.78 is 19.5. The number of hydrogen-bond donors (Lipinski definition) is 0. The molecule has 0 fully saturated rings. The maximum absolute atomic E-state index is 13.7. The van der Waals surface area contributed by atoms with Gasteiger partial charge in [0.05, 0.1) is 25.1 Å². The van der Waals surface area contributed by atoms with Crippen LogP contribution in [-0.2, 0) is 11.2 Å². The van der Waals surface area contributed by atoms with Gasteiger partial charge in [-0.1, -0.05) is 6.07 Å². The van der Waals surface area contributed by atoms with Gasteiger partial charge in [-0.05, 0) is 17.7 Å². The third-order valence-electron chi connectivity index (χ3n) is 2.50. The summed E-state index contributed by atoms with van der Waals surface area (Å²) in [6.45, 7) is 0. The molecule has 0 radical (unpaired) electrons. The van der Waals surface area contributed by atoms with Gasteiger partial charge >= 0.3 is 6.09 Å². The predicted molar refractivity (Wildman–Crippen MR) is 59.0 cm³/mol. The van der Waals surface area contributed by atoms with Crippen LogP contribution >= 0.6 is 0 Å². The summed E-state index contributed by atoms with van der Waals surface area (Å²) in [7, 11) is 1.25. The van der Waals surface area contributed by atoms with Crippen molar-refractivity contribution in [3.63, 3.8) is 0 Å². The molecule has 1 aromatic carbocycles. The lowest BCUT2D eigenvalue weighted by atomic mass is 10.1. The Morgan fingerprint density at radius 2 is 2.35 bits per heavy atom. The van der Waals surface area contributed by atoms with Crippen LogP contribution in [0.4, 0.5) is 9.18 Å². The number of nitriles is 1. The van der Waals surface area contributed by atoms with Crippen LogP contribution in [0.25, 0.3) is 10.9 Å². The number of rotatable bonds is 1. The topological polar surface area (TPSA) is 55.0 Å². The highest BCUT2D eigenvalue weighted by Gasteiger charge is 2.16. The van der Waals surface area contributed by atoms with Crippen molar-refractivity contribution in [1.29, 1.82) is 5.26 Å². The fraction of sp³-hybridized carbons (Fsp3) is 0.167. The monoisotopic (exact) mass is 232 g/mol. The third-order valence-corrected chi connectivity index (χ3v) is 2.50. The van der Waals surface area contributed by atoms with Crippen molar-refractivity contribution in [1.82, 2.24) is 4.57 Å². The zero-order chi connectivity index (χ0) is 12.4. The number of aromatic nitrogens is 1. The molecule has 0 bridgehead atoms. The number of carbonyl (C=O) groups excluding carboxylic acids is 1. The molecule has 17 heavy (non-hydrogen) atoms. The molecule has 86 valence electrons. The second-order valence-electron chi connectivity index (χ2n) is 3.46. The van der Waals surface area contributed by atoms with Crippen molar-refractivity contribution in [2.75, 3.05) is 7.11 Å². The molecule has 2 aromatic rings. The van der Waals surface area contributed by atoms with E-state index in [1.165, 1.54) is 30.0 Å².